The number of phenols is 2. The smallest absolute Gasteiger partial charge is 0.550 e. The topological polar surface area (TPSA) is 145 Å². The van der Waals surface area contributed by atoms with E-state index >= 15 is 0 Å². The van der Waals surface area contributed by atoms with Gasteiger partial charge in [0.05, 0.1) is 0 Å². The van der Waals surface area contributed by atoms with Crippen LogP contribution in [0.2, 0.25) is 0 Å². The molecular weight excluding hydrogens is 555 g/mol. The SMILES string of the molecule is CC(=O)[O-].CC(=O)[O-].Cc1cc(CCC(C)C)cc(C=NCN=Cc2cc(CCC(C)C)cc(C)c2O)c1O.[Co+2]. The summed E-state index contributed by atoms with van der Waals surface area (Å²) in [6.07, 6.45) is 7.58. The summed E-state index contributed by atoms with van der Waals surface area (Å²) in [6.45, 7) is 14.9. The number of phenolic OH excluding ortho intramolecular Hbond substituents is 2. The van der Waals surface area contributed by atoms with E-state index in [9.17, 15) is 10.2 Å². The van der Waals surface area contributed by atoms with Gasteiger partial charge in [0, 0.05) is 35.5 Å². The van der Waals surface area contributed by atoms with E-state index < -0.39 is 11.9 Å². The van der Waals surface area contributed by atoms with Crippen molar-refractivity contribution in [3.05, 3.63) is 57.6 Å². The van der Waals surface area contributed by atoms with Crippen LogP contribution in [-0.4, -0.2) is 41.2 Å². The number of aryl methyl sites for hydroxylation is 4. The van der Waals surface area contributed by atoms with Gasteiger partial charge in [0.25, 0.3) is 0 Å². The summed E-state index contributed by atoms with van der Waals surface area (Å²) in [7, 11) is 0. The zero-order valence-corrected chi connectivity index (χ0v) is 26.0. The minimum absolute atomic E-state index is 0. The Bertz CT molecular complexity index is 1030. The van der Waals surface area contributed by atoms with Crippen LogP contribution in [-0.2, 0) is 39.2 Å². The van der Waals surface area contributed by atoms with E-state index in [1.165, 1.54) is 11.1 Å². The predicted molar refractivity (Wildman–Crippen MR) is 153 cm³/mol. The number of rotatable bonds is 10. The summed E-state index contributed by atoms with van der Waals surface area (Å²) in [5.41, 5.74) is 5.61. The summed E-state index contributed by atoms with van der Waals surface area (Å²) >= 11 is 0. The number of hydrogen-bond acceptors (Lipinski definition) is 8. The van der Waals surface area contributed by atoms with E-state index in [4.69, 9.17) is 19.8 Å². The normalized spacial score (nSPS) is 10.7. The first kappa shape index (κ1) is 39.0. The van der Waals surface area contributed by atoms with Crippen LogP contribution in [0, 0.1) is 25.7 Å². The van der Waals surface area contributed by atoms with Crippen LogP contribution >= 0.6 is 0 Å². The van der Waals surface area contributed by atoms with Crippen molar-refractivity contribution in [1.29, 1.82) is 0 Å². The quantitative estimate of drug-likeness (QED) is 0.396. The van der Waals surface area contributed by atoms with Crippen LogP contribution in [0.4, 0.5) is 0 Å². The third kappa shape index (κ3) is 18.2. The van der Waals surface area contributed by atoms with Crippen LogP contribution in [0.1, 0.15) is 87.8 Å². The third-order valence-electron chi connectivity index (χ3n) is 5.42. The molecule has 0 aliphatic heterocycles. The van der Waals surface area contributed by atoms with E-state index in [2.05, 4.69) is 37.7 Å². The first-order valence-electron chi connectivity index (χ1n) is 13.1. The van der Waals surface area contributed by atoms with Gasteiger partial charge < -0.3 is 30.0 Å². The molecule has 0 saturated heterocycles. The van der Waals surface area contributed by atoms with Gasteiger partial charge in [0.1, 0.15) is 18.2 Å². The fraction of sp³-hybridized carbons (Fsp3) is 0.484. The molecule has 0 spiro atoms. The maximum absolute atomic E-state index is 10.4. The zero-order valence-electron chi connectivity index (χ0n) is 24.9. The van der Waals surface area contributed by atoms with Crippen molar-refractivity contribution in [3.63, 3.8) is 0 Å². The van der Waals surface area contributed by atoms with E-state index in [1.807, 2.05) is 38.1 Å². The molecule has 0 amide bonds. The molecule has 223 valence electrons. The number of aliphatic imine (C=N–C) groups is 2. The molecule has 0 heterocycles. The molecule has 0 aliphatic rings. The minimum Gasteiger partial charge on any atom is -0.550 e. The Morgan fingerprint density at radius 3 is 1.32 bits per heavy atom. The molecule has 0 unspecified atom stereocenters. The molecule has 8 nitrogen and oxygen atoms in total. The number of benzene rings is 2. The first-order valence-corrected chi connectivity index (χ1v) is 13.1. The molecule has 2 aromatic rings. The van der Waals surface area contributed by atoms with Crippen molar-refractivity contribution in [2.45, 2.75) is 81.1 Å². The molecule has 0 atom stereocenters. The van der Waals surface area contributed by atoms with Gasteiger partial charge in [-0.3, -0.25) is 9.98 Å². The zero-order chi connectivity index (χ0) is 30.1. The fourth-order valence-corrected chi connectivity index (χ4v) is 3.49. The second-order valence-electron chi connectivity index (χ2n) is 10.3. The van der Waals surface area contributed by atoms with Gasteiger partial charge in [-0.1, -0.05) is 39.8 Å². The molecule has 0 fully saturated rings. The number of carboxylic acid groups (broad SMARTS) is 2. The number of carbonyl (C=O) groups is 2. The number of hydrogen-bond donors (Lipinski definition) is 2. The number of carboxylic acids is 2. The van der Waals surface area contributed by atoms with E-state index in [-0.39, 0.29) is 34.9 Å². The summed E-state index contributed by atoms with van der Waals surface area (Å²) in [5, 5.41) is 38.5. The minimum atomic E-state index is -1.08. The Balaban J connectivity index is 0. The Morgan fingerprint density at radius 2 is 1.05 bits per heavy atom. The fourth-order valence-electron chi connectivity index (χ4n) is 3.49. The number of aromatic hydroxyl groups is 2. The van der Waals surface area contributed by atoms with Gasteiger partial charge in [0.2, 0.25) is 0 Å². The van der Waals surface area contributed by atoms with E-state index in [0.717, 1.165) is 61.8 Å². The van der Waals surface area contributed by atoms with Gasteiger partial charge in [-0.25, -0.2) is 0 Å². The monoisotopic (exact) mass is 599 g/mol. The summed E-state index contributed by atoms with van der Waals surface area (Å²) in [6, 6.07) is 8.10. The van der Waals surface area contributed by atoms with E-state index in [1.54, 1.807) is 12.4 Å². The Kier molecular flexibility index (Phi) is 20.2. The molecule has 0 saturated carbocycles. The van der Waals surface area contributed by atoms with Crippen molar-refractivity contribution in [2.75, 3.05) is 6.67 Å². The molecule has 2 aromatic carbocycles. The van der Waals surface area contributed by atoms with Crippen molar-refractivity contribution in [3.8, 4) is 11.5 Å². The average molecular weight is 600 g/mol. The van der Waals surface area contributed by atoms with Crippen LogP contribution in [0.25, 0.3) is 0 Å². The second-order valence-corrected chi connectivity index (χ2v) is 10.3. The maximum Gasteiger partial charge on any atom is 2.00 e. The summed E-state index contributed by atoms with van der Waals surface area (Å²) in [4.78, 5) is 26.5. The van der Waals surface area contributed by atoms with Crippen LogP contribution in [0.5, 0.6) is 11.5 Å². The van der Waals surface area contributed by atoms with E-state index in [0.29, 0.717) is 11.8 Å². The first-order chi connectivity index (χ1) is 18.1. The Hall–Kier alpha value is -3.17. The standard InChI is InChI=1S/C27H38N2O2.2C2H4O2.Co/c1-18(2)7-9-22-11-20(5)26(30)24(13-22)15-28-17-29-16-25-14-23(10-8-19(3)4)12-21(6)27(25)31;2*1-2(3)4;/h11-16,18-19,30-31H,7-10,17H2,1-6H3;2*1H3,(H,3,4);/q;;;+2/p-2. The molecule has 2 rings (SSSR count). The van der Waals surface area contributed by atoms with Crippen molar-refractivity contribution in [2.24, 2.45) is 21.8 Å². The largest absolute Gasteiger partial charge is 2.00 e. The molecular formula is C31H44CoN2O6. The van der Waals surface area contributed by atoms with Gasteiger partial charge in [-0.05, 0) is 99.6 Å². The van der Waals surface area contributed by atoms with Crippen LogP contribution in [0.3, 0.4) is 0 Å². The molecule has 0 aromatic heterocycles. The van der Waals surface area contributed by atoms with Gasteiger partial charge in [-0.2, -0.15) is 0 Å². The van der Waals surface area contributed by atoms with Crippen molar-refractivity contribution < 1.29 is 46.8 Å². The molecule has 2 N–H and O–H groups in total. The molecule has 1 radical (unpaired) electrons. The molecule has 9 heteroatoms. The van der Waals surface area contributed by atoms with Gasteiger partial charge in [-0.15, -0.1) is 0 Å². The number of carbonyl (C=O) groups excluding carboxylic acids is 2. The third-order valence-corrected chi connectivity index (χ3v) is 5.42. The second kappa shape index (κ2) is 20.7. The Morgan fingerprint density at radius 1 is 0.750 bits per heavy atom. The number of nitrogens with zero attached hydrogens (tertiary/aromatic N) is 2. The molecule has 0 aliphatic carbocycles. The van der Waals surface area contributed by atoms with Gasteiger partial charge >= 0.3 is 16.8 Å². The maximum atomic E-state index is 10.4. The molecule has 0 bridgehead atoms. The average Bonchev–Trinajstić information content (AvgIpc) is 2.80. The van der Waals surface area contributed by atoms with Crippen LogP contribution in [0.15, 0.2) is 34.3 Å². The van der Waals surface area contributed by atoms with Crippen molar-refractivity contribution in [1.82, 2.24) is 0 Å². The predicted octanol–water partition coefficient (Wildman–Crippen LogP) is 3.90. The molecule has 40 heavy (non-hydrogen) atoms. The van der Waals surface area contributed by atoms with Crippen molar-refractivity contribution >= 4 is 24.4 Å². The summed E-state index contributed by atoms with van der Waals surface area (Å²) < 4.78 is 0. The number of aliphatic carboxylic acids is 2. The van der Waals surface area contributed by atoms with Crippen LogP contribution < -0.4 is 10.2 Å². The Labute approximate surface area is 249 Å². The summed E-state index contributed by atoms with van der Waals surface area (Å²) in [5.74, 6) is -0.340. The van der Waals surface area contributed by atoms with Gasteiger partial charge in [0.15, 0.2) is 0 Å².